The summed E-state index contributed by atoms with van der Waals surface area (Å²) in [5, 5.41) is 23.4. The molecule has 0 aliphatic carbocycles. The number of carbonyl (C=O) groups excluding carboxylic acids is 2. The first-order valence-corrected chi connectivity index (χ1v) is 9.47. The van der Waals surface area contributed by atoms with Gasteiger partial charge in [-0.15, -0.1) is 0 Å². The van der Waals surface area contributed by atoms with Crippen LogP contribution >= 0.6 is 0 Å². The molecule has 3 aromatic rings. The number of aryl methyl sites for hydroxylation is 1. The molecule has 1 aromatic heterocycles. The molecule has 0 fully saturated rings. The number of halogens is 1. The lowest BCUT2D eigenvalue weighted by atomic mass is 9.95. The number of para-hydroxylation sites is 1. The highest BCUT2D eigenvalue weighted by Gasteiger charge is 2.33. The van der Waals surface area contributed by atoms with Crippen LogP contribution in [0.25, 0.3) is 11.3 Å². The van der Waals surface area contributed by atoms with E-state index in [0.717, 1.165) is 6.07 Å². The fourth-order valence-corrected chi connectivity index (χ4v) is 3.87. The van der Waals surface area contributed by atoms with Crippen LogP contribution < -0.4 is 5.32 Å². The van der Waals surface area contributed by atoms with Gasteiger partial charge in [0.1, 0.15) is 17.5 Å². The maximum Gasteiger partial charge on any atom is 0.270 e. The Morgan fingerprint density at radius 3 is 2.56 bits per heavy atom. The molecule has 1 aliphatic heterocycles. The Morgan fingerprint density at radius 1 is 1.19 bits per heavy atom. The second kappa shape index (κ2) is 7.59. The molecule has 0 saturated carbocycles. The van der Waals surface area contributed by atoms with Crippen LogP contribution in [0.1, 0.15) is 27.3 Å². The van der Waals surface area contributed by atoms with Crippen molar-refractivity contribution in [2.45, 2.75) is 13.8 Å². The van der Waals surface area contributed by atoms with E-state index in [2.05, 4.69) is 5.32 Å². The lowest BCUT2D eigenvalue weighted by Crippen LogP contribution is -2.12. The van der Waals surface area contributed by atoms with Crippen molar-refractivity contribution in [3.63, 3.8) is 0 Å². The average Bonchev–Trinajstić information content (AvgIpc) is 3.24. The summed E-state index contributed by atoms with van der Waals surface area (Å²) in [6.07, 6.45) is 0. The van der Waals surface area contributed by atoms with E-state index in [1.165, 1.54) is 24.3 Å². The summed E-state index contributed by atoms with van der Waals surface area (Å²) >= 11 is 0. The molecule has 1 aliphatic rings. The summed E-state index contributed by atoms with van der Waals surface area (Å²) in [5.74, 6) is -1.91. The van der Waals surface area contributed by atoms with Crippen molar-refractivity contribution in [3.8, 4) is 11.8 Å². The van der Waals surface area contributed by atoms with Gasteiger partial charge < -0.3 is 9.88 Å². The Morgan fingerprint density at radius 2 is 1.91 bits per heavy atom. The lowest BCUT2D eigenvalue weighted by molar-refractivity contribution is -0.384. The smallest absolute Gasteiger partial charge is 0.270 e. The molecular formula is C23H15FN4O4. The minimum atomic E-state index is -0.729. The molecule has 2 aromatic carbocycles. The van der Waals surface area contributed by atoms with E-state index >= 15 is 0 Å². The van der Waals surface area contributed by atoms with Gasteiger partial charge in [-0.3, -0.25) is 19.7 Å². The van der Waals surface area contributed by atoms with Crippen molar-refractivity contribution in [1.82, 2.24) is 4.57 Å². The number of hydrogen-bond acceptors (Lipinski definition) is 5. The third-order valence-corrected chi connectivity index (χ3v) is 5.32. The fraction of sp³-hybridized carbons (Fsp3) is 0.0870. The summed E-state index contributed by atoms with van der Waals surface area (Å²) in [7, 11) is 0. The number of non-ortho nitro benzene ring substituents is 1. The zero-order valence-corrected chi connectivity index (χ0v) is 17.0. The van der Waals surface area contributed by atoms with E-state index in [1.807, 2.05) is 0 Å². The Kier molecular flexibility index (Phi) is 4.91. The second-order valence-electron chi connectivity index (χ2n) is 7.20. The van der Waals surface area contributed by atoms with Gasteiger partial charge in [0, 0.05) is 40.3 Å². The maximum atomic E-state index is 14.4. The van der Waals surface area contributed by atoms with E-state index in [9.17, 15) is 29.4 Å². The number of nitrogens with zero attached hydrogens (tertiary/aromatic N) is 3. The molecule has 1 amide bonds. The van der Waals surface area contributed by atoms with Crippen molar-refractivity contribution in [3.05, 3.63) is 92.6 Å². The number of Topliss-reactive ketones (excluding diaryl/α,β-unsaturated/α-hetero) is 1. The molecule has 0 saturated heterocycles. The van der Waals surface area contributed by atoms with Crippen LogP contribution in [0.5, 0.6) is 0 Å². The van der Waals surface area contributed by atoms with E-state index in [1.54, 1.807) is 42.7 Å². The number of anilines is 1. The number of ketones is 1. The zero-order valence-electron chi connectivity index (χ0n) is 17.0. The van der Waals surface area contributed by atoms with Crippen LogP contribution in [-0.2, 0) is 4.79 Å². The summed E-state index contributed by atoms with van der Waals surface area (Å²) in [6.45, 7) is 3.30. The number of benzene rings is 2. The first kappa shape index (κ1) is 20.7. The van der Waals surface area contributed by atoms with Crippen molar-refractivity contribution >= 4 is 28.6 Å². The molecule has 0 bridgehead atoms. The Balaban J connectivity index is 1.89. The molecule has 0 unspecified atom stereocenters. The van der Waals surface area contributed by atoms with Gasteiger partial charge in [0.2, 0.25) is 5.78 Å². The number of carbonyl (C=O) groups is 2. The van der Waals surface area contributed by atoms with Gasteiger partial charge in [-0.1, -0.05) is 12.1 Å². The average molecular weight is 430 g/mol. The Labute approximate surface area is 181 Å². The number of amides is 1. The van der Waals surface area contributed by atoms with Crippen LogP contribution in [0, 0.1) is 41.1 Å². The van der Waals surface area contributed by atoms with Crippen molar-refractivity contribution in [2.75, 3.05) is 5.32 Å². The highest BCUT2D eigenvalue weighted by atomic mass is 19.1. The van der Waals surface area contributed by atoms with Crippen LogP contribution in [0.15, 0.2) is 54.1 Å². The topological polar surface area (TPSA) is 118 Å². The van der Waals surface area contributed by atoms with Crippen LogP contribution in [0.4, 0.5) is 15.8 Å². The first-order valence-electron chi connectivity index (χ1n) is 9.47. The van der Waals surface area contributed by atoms with E-state index in [0.29, 0.717) is 11.4 Å². The number of nitriles is 1. The summed E-state index contributed by atoms with van der Waals surface area (Å²) in [6, 6.07) is 13.1. The van der Waals surface area contributed by atoms with Crippen molar-refractivity contribution in [2.24, 2.45) is 0 Å². The van der Waals surface area contributed by atoms with Gasteiger partial charge >= 0.3 is 0 Å². The minimum Gasteiger partial charge on any atom is -0.321 e. The summed E-state index contributed by atoms with van der Waals surface area (Å²) < 4.78 is 15.9. The molecule has 158 valence electrons. The number of aromatic nitrogens is 1. The number of nitro benzene ring substituents is 1. The molecule has 4 rings (SSSR count). The standard InChI is InChI=1S/C23H15FN4O4/c1-12-9-15(13(2)27(12)20-6-4-3-5-18(20)24)22(29)17(11-25)21-16-10-14(28(31)32)7-8-19(16)26-23(21)30/h3-10H,1-2H3,(H,26,30)/b21-17+. The number of nitrogens with one attached hydrogen (secondary N) is 1. The second-order valence-corrected chi connectivity index (χ2v) is 7.20. The van der Waals surface area contributed by atoms with Crippen molar-refractivity contribution in [1.29, 1.82) is 5.26 Å². The number of hydrogen-bond donors (Lipinski definition) is 1. The summed E-state index contributed by atoms with van der Waals surface area (Å²) in [5.41, 5.74) is 0.746. The largest absolute Gasteiger partial charge is 0.321 e. The maximum absolute atomic E-state index is 14.4. The fourth-order valence-electron chi connectivity index (χ4n) is 3.87. The quantitative estimate of drug-likeness (QED) is 0.218. The molecule has 0 radical (unpaired) electrons. The van der Waals surface area contributed by atoms with Gasteiger partial charge in [-0.25, -0.2) is 4.39 Å². The van der Waals surface area contributed by atoms with Crippen LogP contribution in [-0.4, -0.2) is 21.2 Å². The molecule has 9 heteroatoms. The number of fused-ring (bicyclic) bond motifs is 1. The lowest BCUT2D eigenvalue weighted by Gasteiger charge is -2.11. The highest BCUT2D eigenvalue weighted by molar-refractivity contribution is 6.38. The minimum absolute atomic E-state index is 0.108. The first-order chi connectivity index (χ1) is 15.2. The van der Waals surface area contributed by atoms with Gasteiger partial charge in [0.05, 0.1) is 16.2 Å². The van der Waals surface area contributed by atoms with E-state index in [4.69, 9.17) is 0 Å². The van der Waals surface area contributed by atoms with E-state index in [-0.39, 0.29) is 33.8 Å². The third-order valence-electron chi connectivity index (χ3n) is 5.32. The Hall–Kier alpha value is -4.58. The third kappa shape index (κ3) is 3.15. The molecular weight excluding hydrogens is 415 g/mol. The van der Waals surface area contributed by atoms with Gasteiger partial charge in [-0.05, 0) is 38.1 Å². The normalized spacial score (nSPS) is 13.9. The molecule has 8 nitrogen and oxygen atoms in total. The predicted molar refractivity (Wildman–Crippen MR) is 114 cm³/mol. The molecule has 1 N–H and O–H groups in total. The SMILES string of the molecule is Cc1cc(C(=O)/C(C#N)=C2/C(=O)Nc3ccc([N+](=O)[O-])cc32)c(C)n1-c1ccccc1F. The number of nitro groups is 1. The predicted octanol–water partition coefficient (Wildman–Crippen LogP) is 4.25. The number of rotatable bonds is 4. The summed E-state index contributed by atoms with van der Waals surface area (Å²) in [4.78, 5) is 36.4. The van der Waals surface area contributed by atoms with Gasteiger partial charge in [0.25, 0.3) is 11.6 Å². The molecule has 2 heterocycles. The molecule has 0 atom stereocenters. The molecule has 32 heavy (non-hydrogen) atoms. The van der Waals surface area contributed by atoms with E-state index < -0.39 is 28.0 Å². The monoisotopic (exact) mass is 430 g/mol. The number of allylic oxidation sites excluding steroid dienone is 1. The van der Waals surface area contributed by atoms with Gasteiger partial charge in [0.15, 0.2) is 0 Å². The zero-order chi connectivity index (χ0) is 23.2. The Bertz CT molecular complexity index is 1410. The highest BCUT2D eigenvalue weighted by Crippen LogP contribution is 2.37. The van der Waals surface area contributed by atoms with Crippen LogP contribution in [0.3, 0.4) is 0 Å². The van der Waals surface area contributed by atoms with Crippen LogP contribution in [0.2, 0.25) is 0 Å². The van der Waals surface area contributed by atoms with Gasteiger partial charge in [-0.2, -0.15) is 5.26 Å². The molecule has 0 spiro atoms. The van der Waals surface area contributed by atoms with Crippen molar-refractivity contribution < 1.29 is 18.9 Å².